The molecule has 0 atom stereocenters. The van der Waals surface area contributed by atoms with Crippen LogP contribution in [0, 0.1) is 0 Å². The first-order valence-electron chi connectivity index (χ1n) is 3.26. The van der Waals surface area contributed by atoms with Crippen molar-refractivity contribution in [3.63, 3.8) is 0 Å². The van der Waals surface area contributed by atoms with Crippen LogP contribution in [0.4, 0.5) is 0 Å². The summed E-state index contributed by atoms with van der Waals surface area (Å²) in [5.41, 5.74) is -0.514. The summed E-state index contributed by atoms with van der Waals surface area (Å²) in [5.74, 6) is -2.26. The van der Waals surface area contributed by atoms with Crippen molar-refractivity contribution in [1.29, 1.82) is 0 Å². The molecule has 0 bridgehead atoms. The van der Waals surface area contributed by atoms with Gasteiger partial charge in [0.05, 0.1) is 13.7 Å². The number of ether oxygens (including phenoxy) is 2. The maximum absolute atomic E-state index is 10.8. The zero-order valence-corrected chi connectivity index (χ0v) is 6.86. The number of esters is 1. The van der Waals surface area contributed by atoms with Crippen molar-refractivity contribution in [1.82, 2.24) is 0 Å². The molecule has 0 aliphatic carbocycles. The molecule has 0 fully saturated rings. The van der Waals surface area contributed by atoms with Crippen molar-refractivity contribution >= 4 is 11.9 Å². The molecular formula is C7H10O5. The predicted molar refractivity (Wildman–Crippen MR) is 39.4 cm³/mol. The maximum atomic E-state index is 10.8. The molecule has 0 aromatic rings. The van der Waals surface area contributed by atoms with Crippen LogP contribution >= 0.6 is 0 Å². The lowest BCUT2D eigenvalue weighted by Gasteiger charge is -2.00. The minimum absolute atomic E-state index is 0.132. The lowest BCUT2D eigenvalue weighted by Crippen LogP contribution is -2.15. The van der Waals surface area contributed by atoms with E-state index < -0.39 is 17.5 Å². The number of carboxylic acid groups (broad SMARTS) is 1. The van der Waals surface area contributed by atoms with Crippen molar-refractivity contribution in [3.8, 4) is 0 Å². The van der Waals surface area contributed by atoms with Gasteiger partial charge in [-0.2, -0.15) is 0 Å². The van der Waals surface area contributed by atoms with E-state index in [9.17, 15) is 9.59 Å². The van der Waals surface area contributed by atoms with E-state index in [0.29, 0.717) is 0 Å². The standard InChI is InChI=1S/C7H10O5/c1-3-12-7(10)5(4-11-2)6(8)9/h4H,3H2,1-2H3,(H,8,9). The topological polar surface area (TPSA) is 72.8 Å². The molecule has 5 heteroatoms. The lowest BCUT2D eigenvalue weighted by molar-refractivity contribution is -0.144. The quantitative estimate of drug-likeness (QED) is 0.216. The van der Waals surface area contributed by atoms with Crippen LogP contribution in [0.2, 0.25) is 0 Å². The van der Waals surface area contributed by atoms with Crippen LogP contribution in [0.25, 0.3) is 0 Å². The molecule has 0 saturated carbocycles. The average Bonchev–Trinajstić information content (AvgIpc) is 1.99. The highest BCUT2D eigenvalue weighted by atomic mass is 16.5. The molecule has 0 heterocycles. The summed E-state index contributed by atoms with van der Waals surface area (Å²) in [7, 11) is 1.25. The normalized spacial score (nSPS) is 10.7. The van der Waals surface area contributed by atoms with Crippen LogP contribution < -0.4 is 0 Å². The van der Waals surface area contributed by atoms with Crippen molar-refractivity contribution in [3.05, 3.63) is 11.8 Å². The molecule has 1 N–H and O–H groups in total. The van der Waals surface area contributed by atoms with Crippen molar-refractivity contribution in [2.24, 2.45) is 0 Å². The third-order valence-corrected chi connectivity index (χ3v) is 0.961. The summed E-state index contributed by atoms with van der Waals surface area (Å²) in [6, 6.07) is 0. The highest BCUT2D eigenvalue weighted by Gasteiger charge is 2.18. The van der Waals surface area contributed by atoms with Crippen LogP contribution in [0.5, 0.6) is 0 Å². The van der Waals surface area contributed by atoms with E-state index in [1.807, 2.05) is 0 Å². The minimum Gasteiger partial charge on any atom is -0.503 e. The zero-order chi connectivity index (χ0) is 9.56. The third kappa shape index (κ3) is 3.05. The highest BCUT2D eigenvalue weighted by Crippen LogP contribution is 1.98. The van der Waals surface area contributed by atoms with E-state index in [-0.39, 0.29) is 6.61 Å². The predicted octanol–water partition coefficient (Wildman–Crippen LogP) is 0.164. The van der Waals surface area contributed by atoms with Gasteiger partial charge >= 0.3 is 11.9 Å². The molecule has 68 valence electrons. The zero-order valence-electron chi connectivity index (χ0n) is 6.86. The van der Waals surface area contributed by atoms with Gasteiger partial charge in [-0.25, -0.2) is 9.59 Å². The highest BCUT2D eigenvalue weighted by molar-refractivity contribution is 6.12. The SMILES string of the molecule is CCOC(=O)C(=COC)C(=O)O. The Bertz CT molecular complexity index is 206. The van der Waals surface area contributed by atoms with Gasteiger partial charge in [0, 0.05) is 0 Å². The number of aliphatic carboxylic acids is 1. The third-order valence-electron chi connectivity index (χ3n) is 0.961. The van der Waals surface area contributed by atoms with Crippen molar-refractivity contribution in [2.45, 2.75) is 6.92 Å². The summed E-state index contributed by atoms with van der Waals surface area (Å²) in [5, 5.41) is 8.45. The number of methoxy groups -OCH3 is 1. The van der Waals surface area contributed by atoms with E-state index in [2.05, 4.69) is 9.47 Å². The summed E-state index contributed by atoms with van der Waals surface area (Å²) in [4.78, 5) is 21.2. The Hall–Kier alpha value is -1.52. The molecule has 12 heavy (non-hydrogen) atoms. The second kappa shape index (κ2) is 5.17. The fraction of sp³-hybridized carbons (Fsp3) is 0.429. The van der Waals surface area contributed by atoms with Gasteiger partial charge in [-0.15, -0.1) is 0 Å². The van der Waals surface area contributed by atoms with E-state index in [1.165, 1.54) is 7.11 Å². The number of hydrogen-bond acceptors (Lipinski definition) is 4. The Labute approximate surface area is 69.6 Å². The molecule has 0 unspecified atom stereocenters. The van der Waals surface area contributed by atoms with Crippen LogP contribution in [0.1, 0.15) is 6.92 Å². The van der Waals surface area contributed by atoms with Gasteiger partial charge in [0.1, 0.15) is 6.26 Å². The molecule has 0 amide bonds. The van der Waals surface area contributed by atoms with E-state index in [4.69, 9.17) is 5.11 Å². The Morgan fingerprint density at radius 3 is 2.42 bits per heavy atom. The Balaban J connectivity index is 4.41. The molecule has 0 spiro atoms. The first kappa shape index (κ1) is 10.5. The first-order valence-corrected chi connectivity index (χ1v) is 3.26. The lowest BCUT2D eigenvalue weighted by atomic mass is 10.3. The number of carboxylic acids is 1. The van der Waals surface area contributed by atoms with Gasteiger partial charge < -0.3 is 14.6 Å². The minimum atomic E-state index is -1.37. The fourth-order valence-electron chi connectivity index (χ4n) is 0.513. The molecular weight excluding hydrogens is 164 g/mol. The molecule has 0 aliphatic heterocycles. The molecule has 0 radical (unpaired) electrons. The number of rotatable bonds is 4. The van der Waals surface area contributed by atoms with Gasteiger partial charge in [-0.3, -0.25) is 0 Å². The molecule has 0 aromatic carbocycles. The van der Waals surface area contributed by atoms with Crippen LogP contribution in [0.3, 0.4) is 0 Å². The number of carbonyl (C=O) groups is 2. The summed E-state index contributed by atoms with van der Waals surface area (Å²) < 4.78 is 8.84. The number of carbonyl (C=O) groups excluding carboxylic acids is 1. The molecule has 0 aliphatic rings. The summed E-state index contributed by atoms with van der Waals surface area (Å²) >= 11 is 0. The van der Waals surface area contributed by atoms with Gasteiger partial charge in [-0.05, 0) is 6.92 Å². The second-order valence-corrected chi connectivity index (χ2v) is 1.79. The molecule has 0 rings (SSSR count). The summed E-state index contributed by atoms with van der Waals surface area (Å²) in [6.45, 7) is 1.72. The smallest absolute Gasteiger partial charge is 0.348 e. The van der Waals surface area contributed by atoms with Gasteiger partial charge in [0.25, 0.3) is 0 Å². The van der Waals surface area contributed by atoms with Crippen molar-refractivity contribution < 1.29 is 24.2 Å². The van der Waals surface area contributed by atoms with Gasteiger partial charge in [0.15, 0.2) is 5.57 Å². The van der Waals surface area contributed by atoms with Crippen molar-refractivity contribution in [2.75, 3.05) is 13.7 Å². The monoisotopic (exact) mass is 174 g/mol. The Morgan fingerprint density at radius 2 is 2.08 bits per heavy atom. The molecule has 5 nitrogen and oxygen atoms in total. The van der Waals surface area contributed by atoms with E-state index in [1.54, 1.807) is 6.92 Å². The average molecular weight is 174 g/mol. The van der Waals surface area contributed by atoms with Crippen LogP contribution in [0.15, 0.2) is 11.8 Å². The molecule has 0 saturated heterocycles. The number of hydrogen-bond donors (Lipinski definition) is 1. The Morgan fingerprint density at radius 1 is 1.50 bits per heavy atom. The summed E-state index contributed by atoms with van der Waals surface area (Å²) in [6.07, 6.45) is 0.834. The van der Waals surface area contributed by atoms with Crippen LogP contribution in [-0.2, 0) is 19.1 Å². The van der Waals surface area contributed by atoms with Gasteiger partial charge in [0.2, 0.25) is 0 Å². The largest absolute Gasteiger partial charge is 0.503 e. The van der Waals surface area contributed by atoms with Crippen LogP contribution in [-0.4, -0.2) is 30.8 Å². The fourth-order valence-corrected chi connectivity index (χ4v) is 0.513. The molecule has 0 aromatic heterocycles. The van der Waals surface area contributed by atoms with E-state index >= 15 is 0 Å². The maximum Gasteiger partial charge on any atom is 0.348 e. The first-order chi connectivity index (χ1) is 5.63. The van der Waals surface area contributed by atoms with Gasteiger partial charge in [-0.1, -0.05) is 0 Å². The van der Waals surface area contributed by atoms with E-state index in [0.717, 1.165) is 6.26 Å². The Kier molecular flexibility index (Phi) is 4.52. The second-order valence-electron chi connectivity index (χ2n) is 1.79.